The van der Waals surface area contributed by atoms with Gasteiger partial charge in [0.2, 0.25) is 0 Å². The highest BCUT2D eigenvalue weighted by molar-refractivity contribution is 9.10. The smallest absolute Gasteiger partial charge is 0.370 e. The molecule has 0 amide bonds. The lowest BCUT2D eigenvalue weighted by Crippen LogP contribution is -2.44. The molecule has 1 saturated heterocycles. The van der Waals surface area contributed by atoms with Crippen LogP contribution in [-0.4, -0.2) is 25.6 Å². The zero-order chi connectivity index (χ0) is 20.0. The van der Waals surface area contributed by atoms with Crippen LogP contribution in [0.15, 0.2) is 34.8 Å². The number of carbonyl (C=O) groups is 1. The van der Waals surface area contributed by atoms with Crippen molar-refractivity contribution in [2.24, 2.45) is 0 Å². The Morgan fingerprint density at radius 3 is 2.26 bits per heavy atom. The number of hydrogen-bond acceptors (Lipinski definition) is 2. The van der Waals surface area contributed by atoms with Crippen molar-refractivity contribution in [2.45, 2.75) is 18.0 Å². The first kappa shape index (κ1) is 20.8. The highest BCUT2D eigenvalue weighted by Crippen LogP contribution is 2.50. The number of alkyl halides is 3. The van der Waals surface area contributed by atoms with Crippen molar-refractivity contribution < 1.29 is 18.0 Å². The predicted molar refractivity (Wildman–Crippen MR) is 106 cm³/mol. The highest BCUT2D eigenvalue weighted by Gasteiger charge is 2.59. The Hall–Kier alpha value is -0.950. The van der Waals surface area contributed by atoms with Gasteiger partial charge in [0.15, 0.2) is 6.29 Å². The largest absolute Gasteiger partial charge is 0.400 e. The molecule has 0 aliphatic carbocycles. The normalized spacial score (nSPS) is 20.2. The van der Waals surface area contributed by atoms with E-state index in [0.717, 1.165) is 0 Å². The van der Waals surface area contributed by atoms with Crippen LogP contribution < -0.4 is 4.90 Å². The molecule has 0 N–H and O–H groups in total. The van der Waals surface area contributed by atoms with Gasteiger partial charge in [-0.1, -0.05) is 34.8 Å². The van der Waals surface area contributed by atoms with E-state index >= 15 is 0 Å². The summed E-state index contributed by atoms with van der Waals surface area (Å²) in [6, 6.07) is 7.30. The number of halogens is 7. The lowest BCUT2D eigenvalue weighted by molar-refractivity contribution is -0.184. The molecule has 2 nitrogen and oxygen atoms in total. The van der Waals surface area contributed by atoms with Gasteiger partial charge in [-0.25, -0.2) is 0 Å². The maximum Gasteiger partial charge on any atom is 0.400 e. The molecule has 3 rings (SSSR count). The number of aldehydes is 1. The van der Waals surface area contributed by atoms with E-state index in [4.69, 9.17) is 34.8 Å². The van der Waals surface area contributed by atoms with Gasteiger partial charge in [-0.05, 0) is 58.2 Å². The van der Waals surface area contributed by atoms with E-state index in [9.17, 15) is 18.0 Å². The summed E-state index contributed by atoms with van der Waals surface area (Å²) in [6.07, 6.45) is -3.99. The lowest BCUT2D eigenvalue weighted by Gasteiger charge is -2.33. The van der Waals surface area contributed by atoms with Crippen molar-refractivity contribution in [3.8, 4) is 0 Å². The summed E-state index contributed by atoms with van der Waals surface area (Å²) in [7, 11) is 0. The molecular formula is C18H12BrCl3F3NO. The van der Waals surface area contributed by atoms with Gasteiger partial charge in [-0.15, -0.1) is 0 Å². The van der Waals surface area contributed by atoms with Gasteiger partial charge >= 0.3 is 6.18 Å². The summed E-state index contributed by atoms with van der Waals surface area (Å²) in [4.78, 5) is 12.6. The minimum atomic E-state index is -4.51. The molecule has 0 spiro atoms. The molecule has 1 aliphatic heterocycles. The highest BCUT2D eigenvalue weighted by atomic mass is 79.9. The van der Waals surface area contributed by atoms with E-state index in [0.29, 0.717) is 22.0 Å². The zero-order valence-corrected chi connectivity index (χ0v) is 17.4. The van der Waals surface area contributed by atoms with Crippen molar-refractivity contribution in [1.29, 1.82) is 0 Å². The Balaban J connectivity index is 2.04. The number of nitrogens with zero attached hydrogens (tertiary/aromatic N) is 1. The fourth-order valence-corrected chi connectivity index (χ4v) is 4.36. The van der Waals surface area contributed by atoms with Crippen molar-refractivity contribution in [3.05, 3.63) is 61.0 Å². The van der Waals surface area contributed by atoms with E-state index in [2.05, 4.69) is 15.9 Å². The molecule has 1 unspecified atom stereocenters. The number of rotatable bonds is 3. The monoisotopic (exact) mass is 499 g/mol. The van der Waals surface area contributed by atoms with Crippen LogP contribution in [0.1, 0.15) is 22.3 Å². The van der Waals surface area contributed by atoms with Crippen LogP contribution in [0, 0.1) is 0 Å². The number of carbonyl (C=O) groups excluding carboxylic acids is 1. The van der Waals surface area contributed by atoms with Gasteiger partial charge in [-0.3, -0.25) is 4.79 Å². The fraction of sp³-hybridized carbons (Fsp3) is 0.278. The molecule has 1 heterocycles. The molecule has 0 radical (unpaired) electrons. The standard InChI is InChI=1S/C18H12BrCl3F3NO/c19-13-7-12(2-1-10(13)8-27)26-4-3-17(9-26,18(23,24)25)11-5-14(20)16(22)15(21)6-11/h1-2,5-8H,3-4,9H2. The van der Waals surface area contributed by atoms with E-state index < -0.39 is 11.6 Å². The van der Waals surface area contributed by atoms with Gasteiger partial charge in [0, 0.05) is 28.8 Å². The Bertz CT molecular complexity index is 883. The molecule has 27 heavy (non-hydrogen) atoms. The molecule has 2 aromatic rings. The summed E-state index contributed by atoms with van der Waals surface area (Å²) >= 11 is 21.1. The molecule has 1 aliphatic rings. The second kappa shape index (κ2) is 7.47. The first-order valence-corrected chi connectivity index (χ1v) is 9.73. The molecule has 9 heteroatoms. The molecule has 0 aromatic heterocycles. The molecule has 1 fully saturated rings. The summed E-state index contributed by atoms with van der Waals surface area (Å²) in [5, 5.41) is 0.00119. The van der Waals surface area contributed by atoms with E-state index in [1.165, 1.54) is 12.1 Å². The second-order valence-corrected chi connectivity index (χ2v) is 8.38. The molecule has 2 aromatic carbocycles. The summed E-state index contributed by atoms with van der Waals surface area (Å²) in [6.45, 7) is -0.109. The Labute approximate surface area is 177 Å². The molecular weight excluding hydrogens is 489 g/mol. The van der Waals surface area contributed by atoms with Gasteiger partial charge < -0.3 is 4.90 Å². The van der Waals surface area contributed by atoms with E-state index in [-0.39, 0.29) is 40.1 Å². The number of anilines is 1. The minimum Gasteiger partial charge on any atom is -0.370 e. The topological polar surface area (TPSA) is 20.3 Å². The van der Waals surface area contributed by atoms with Gasteiger partial charge in [0.1, 0.15) is 5.41 Å². The first-order chi connectivity index (χ1) is 12.6. The van der Waals surface area contributed by atoms with Crippen LogP contribution in [0.2, 0.25) is 15.1 Å². The first-order valence-electron chi connectivity index (χ1n) is 7.80. The molecule has 144 valence electrons. The van der Waals surface area contributed by atoms with Crippen molar-refractivity contribution in [2.75, 3.05) is 18.0 Å². The average Bonchev–Trinajstić information content (AvgIpc) is 3.06. The van der Waals surface area contributed by atoms with Crippen molar-refractivity contribution >= 4 is 62.7 Å². The van der Waals surface area contributed by atoms with Crippen molar-refractivity contribution in [1.82, 2.24) is 0 Å². The lowest BCUT2D eigenvalue weighted by atomic mass is 9.79. The molecule has 0 bridgehead atoms. The number of benzene rings is 2. The van der Waals surface area contributed by atoms with Crippen LogP contribution in [0.25, 0.3) is 0 Å². The fourth-order valence-electron chi connectivity index (χ4n) is 3.30. The van der Waals surface area contributed by atoms with Gasteiger partial charge in [0.25, 0.3) is 0 Å². The minimum absolute atomic E-state index is 0.0134. The Morgan fingerprint density at radius 1 is 1.11 bits per heavy atom. The summed E-state index contributed by atoms with van der Waals surface area (Å²) in [5.74, 6) is 0. The average molecular weight is 502 g/mol. The van der Waals surface area contributed by atoms with E-state index in [1.54, 1.807) is 23.1 Å². The third-order valence-corrected chi connectivity index (χ3v) is 6.71. The Morgan fingerprint density at radius 2 is 1.74 bits per heavy atom. The third kappa shape index (κ3) is 3.69. The Kier molecular flexibility index (Phi) is 5.75. The predicted octanol–water partition coefficient (Wildman–Crippen LogP) is 6.93. The van der Waals surface area contributed by atoms with Crippen LogP contribution in [0.5, 0.6) is 0 Å². The van der Waals surface area contributed by atoms with Crippen LogP contribution in [-0.2, 0) is 5.41 Å². The SMILES string of the molecule is O=Cc1ccc(N2CCC(c3cc(Cl)c(Cl)c(Cl)c3)(C(F)(F)F)C2)cc1Br. The van der Waals surface area contributed by atoms with Gasteiger partial charge in [0.05, 0.1) is 15.1 Å². The number of hydrogen-bond donors (Lipinski definition) is 0. The second-order valence-electron chi connectivity index (χ2n) is 6.33. The summed E-state index contributed by atoms with van der Waals surface area (Å²) in [5.41, 5.74) is -1.12. The maximum atomic E-state index is 14.2. The van der Waals surface area contributed by atoms with E-state index in [1.807, 2.05) is 0 Å². The van der Waals surface area contributed by atoms with Crippen molar-refractivity contribution in [3.63, 3.8) is 0 Å². The molecule has 0 saturated carbocycles. The quantitative estimate of drug-likeness (QED) is 0.336. The van der Waals surface area contributed by atoms with Crippen LogP contribution >= 0.6 is 50.7 Å². The summed E-state index contributed by atoms with van der Waals surface area (Å²) < 4.78 is 43.0. The zero-order valence-electron chi connectivity index (χ0n) is 13.6. The van der Waals surface area contributed by atoms with Gasteiger partial charge in [-0.2, -0.15) is 13.2 Å². The molecule has 1 atom stereocenters. The van der Waals surface area contributed by atoms with Crippen LogP contribution in [0.3, 0.4) is 0 Å². The maximum absolute atomic E-state index is 14.2. The van der Waals surface area contributed by atoms with Crippen LogP contribution in [0.4, 0.5) is 18.9 Å². The third-order valence-electron chi connectivity index (χ3n) is 4.82.